The lowest BCUT2D eigenvalue weighted by Crippen LogP contribution is -2.26. The summed E-state index contributed by atoms with van der Waals surface area (Å²) in [6.07, 6.45) is 3.79. The number of hydrogen-bond acceptors (Lipinski definition) is 5. The maximum atomic E-state index is 10.8. The minimum absolute atomic E-state index is 0.0538. The molecular weight excluding hydrogens is 226 g/mol. The van der Waals surface area contributed by atoms with Crippen LogP contribution in [0.2, 0.25) is 0 Å². The van der Waals surface area contributed by atoms with Crippen LogP contribution in [-0.2, 0) is 0 Å². The van der Waals surface area contributed by atoms with Crippen molar-refractivity contribution in [3.63, 3.8) is 0 Å². The summed E-state index contributed by atoms with van der Waals surface area (Å²) < 4.78 is 0. The lowest BCUT2D eigenvalue weighted by molar-refractivity contribution is -0.384. The molecule has 1 aromatic heterocycles. The number of aromatic nitrogens is 1. The predicted octanol–water partition coefficient (Wildman–Crippen LogP) is 2.30. The fourth-order valence-corrected chi connectivity index (χ4v) is 2.78. The molecule has 0 bridgehead atoms. The first kappa shape index (κ1) is 11.2. The molecule has 1 aliphatic heterocycles. The molecule has 1 saturated heterocycles. The molecule has 2 heterocycles. The highest BCUT2D eigenvalue weighted by molar-refractivity contribution is 7.99. The van der Waals surface area contributed by atoms with Gasteiger partial charge in [-0.15, -0.1) is 0 Å². The Morgan fingerprint density at radius 3 is 3.19 bits per heavy atom. The van der Waals surface area contributed by atoms with Gasteiger partial charge in [0.25, 0.3) is 0 Å². The van der Waals surface area contributed by atoms with Crippen LogP contribution in [0, 0.1) is 10.1 Å². The molecule has 1 fully saturated rings. The van der Waals surface area contributed by atoms with Crippen LogP contribution >= 0.6 is 11.8 Å². The number of thioether (sulfide) groups is 1. The molecule has 86 valence electrons. The van der Waals surface area contributed by atoms with Crippen LogP contribution < -0.4 is 5.32 Å². The maximum Gasteiger partial charge on any atom is 0.311 e. The molecule has 1 N–H and O–H groups in total. The van der Waals surface area contributed by atoms with Crippen LogP contribution in [0.1, 0.15) is 12.8 Å². The lowest BCUT2D eigenvalue weighted by atomic mass is 10.2. The summed E-state index contributed by atoms with van der Waals surface area (Å²) in [5.74, 6) is 2.57. The zero-order chi connectivity index (χ0) is 11.4. The number of hydrogen-bond donors (Lipinski definition) is 1. The third kappa shape index (κ3) is 2.63. The van der Waals surface area contributed by atoms with Crippen molar-refractivity contribution in [3.05, 3.63) is 28.4 Å². The van der Waals surface area contributed by atoms with Gasteiger partial charge in [0.05, 0.1) is 4.92 Å². The Morgan fingerprint density at radius 2 is 2.50 bits per heavy atom. The van der Waals surface area contributed by atoms with Gasteiger partial charge in [0.2, 0.25) is 5.82 Å². The Hall–Kier alpha value is -1.30. The van der Waals surface area contributed by atoms with Gasteiger partial charge in [0.15, 0.2) is 0 Å². The molecule has 0 aromatic carbocycles. The summed E-state index contributed by atoms with van der Waals surface area (Å²) in [6.45, 7) is 0. The first-order valence-electron chi connectivity index (χ1n) is 5.21. The summed E-state index contributed by atoms with van der Waals surface area (Å²) in [6, 6.07) is 3.36. The number of anilines is 1. The van der Waals surface area contributed by atoms with Gasteiger partial charge in [0, 0.05) is 24.1 Å². The van der Waals surface area contributed by atoms with Crippen LogP contribution in [0.5, 0.6) is 0 Å². The second-order valence-electron chi connectivity index (χ2n) is 3.69. The minimum atomic E-state index is -0.398. The molecule has 2 rings (SSSR count). The zero-order valence-electron chi connectivity index (χ0n) is 8.76. The van der Waals surface area contributed by atoms with Crippen molar-refractivity contribution in [2.45, 2.75) is 18.9 Å². The third-order valence-electron chi connectivity index (χ3n) is 2.48. The van der Waals surface area contributed by atoms with Gasteiger partial charge >= 0.3 is 5.69 Å². The fourth-order valence-electron chi connectivity index (χ4n) is 1.70. The van der Waals surface area contributed by atoms with E-state index in [0.29, 0.717) is 11.9 Å². The van der Waals surface area contributed by atoms with Crippen molar-refractivity contribution in [1.29, 1.82) is 0 Å². The van der Waals surface area contributed by atoms with Gasteiger partial charge in [-0.3, -0.25) is 10.1 Å². The van der Waals surface area contributed by atoms with E-state index in [9.17, 15) is 10.1 Å². The van der Waals surface area contributed by atoms with Gasteiger partial charge in [0.1, 0.15) is 0 Å². The average Bonchev–Trinajstić information content (AvgIpc) is 2.31. The van der Waals surface area contributed by atoms with Crippen molar-refractivity contribution >= 4 is 23.3 Å². The fraction of sp³-hybridized carbons (Fsp3) is 0.500. The molecule has 1 atom stereocenters. The van der Waals surface area contributed by atoms with E-state index >= 15 is 0 Å². The van der Waals surface area contributed by atoms with Gasteiger partial charge in [-0.05, 0) is 24.7 Å². The smallest absolute Gasteiger partial charge is 0.311 e. The molecule has 0 saturated carbocycles. The lowest BCUT2D eigenvalue weighted by Gasteiger charge is -2.22. The summed E-state index contributed by atoms with van der Waals surface area (Å²) in [5.41, 5.74) is 0.0538. The summed E-state index contributed by atoms with van der Waals surface area (Å²) >= 11 is 1.88. The molecule has 1 aromatic rings. The number of nitrogens with zero attached hydrogens (tertiary/aromatic N) is 2. The highest BCUT2D eigenvalue weighted by Gasteiger charge is 2.19. The van der Waals surface area contributed by atoms with E-state index in [1.807, 2.05) is 11.8 Å². The SMILES string of the molecule is O=[N+]([O-])c1cccnc1NC1CCCSC1. The highest BCUT2D eigenvalue weighted by atomic mass is 32.2. The molecule has 1 unspecified atom stereocenters. The maximum absolute atomic E-state index is 10.8. The molecule has 0 amide bonds. The largest absolute Gasteiger partial charge is 0.361 e. The van der Waals surface area contributed by atoms with Crippen LogP contribution in [0.25, 0.3) is 0 Å². The van der Waals surface area contributed by atoms with Gasteiger partial charge in [-0.2, -0.15) is 11.8 Å². The number of nitro groups is 1. The first-order valence-corrected chi connectivity index (χ1v) is 6.36. The van der Waals surface area contributed by atoms with Crippen LogP contribution in [0.4, 0.5) is 11.5 Å². The predicted molar refractivity (Wildman–Crippen MR) is 64.9 cm³/mol. The Balaban J connectivity index is 2.10. The molecule has 16 heavy (non-hydrogen) atoms. The van der Waals surface area contributed by atoms with Crippen molar-refractivity contribution in [2.24, 2.45) is 0 Å². The van der Waals surface area contributed by atoms with E-state index < -0.39 is 4.92 Å². The summed E-state index contributed by atoms with van der Waals surface area (Å²) in [5, 5.41) is 13.9. The first-order chi connectivity index (χ1) is 7.77. The molecule has 0 radical (unpaired) electrons. The molecule has 0 spiro atoms. The van der Waals surface area contributed by atoms with Crippen LogP contribution in [-0.4, -0.2) is 27.5 Å². The zero-order valence-corrected chi connectivity index (χ0v) is 9.57. The van der Waals surface area contributed by atoms with E-state index in [-0.39, 0.29) is 5.69 Å². The van der Waals surface area contributed by atoms with E-state index in [1.54, 1.807) is 12.3 Å². The van der Waals surface area contributed by atoms with Crippen molar-refractivity contribution < 1.29 is 4.92 Å². The van der Waals surface area contributed by atoms with Crippen molar-refractivity contribution in [1.82, 2.24) is 4.98 Å². The molecule has 5 nitrogen and oxygen atoms in total. The Bertz CT molecular complexity index is 380. The second kappa shape index (κ2) is 5.16. The van der Waals surface area contributed by atoms with E-state index in [2.05, 4.69) is 10.3 Å². The third-order valence-corrected chi connectivity index (χ3v) is 3.70. The molecule has 0 aliphatic carbocycles. The van der Waals surface area contributed by atoms with Crippen LogP contribution in [0.15, 0.2) is 18.3 Å². The standard InChI is InChI=1S/C10H13N3O2S/c14-13(15)9-4-1-5-11-10(9)12-8-3-2-6-16-7-8/h1,4-5,8H,2-3,6-7H2,(H,11,12). The quantitative estimate of drug-likeness (QED) is 0.647. The van der Waals surface area contributed by atoms with Crippen molar-refractivity contribution in [3.8, 4) is 0 Å². The van der Waals surface area contributed by atoms with E-state index in [1.165, 1.54) is 11.8 Å². The van der Waals surface area contributed by atoms with Gasteiger partial charge < -0.3 is 5.32 Å². The molecular formula is C10H13N3O2S. The van der Waals surface area contributed by atoms with Gasteiger partial charge in [-0.1, -0.05) is 0 Å². The number of rotatable bonds is 3. The Morgan fingerprint density at radius 1 is 1.62 bits per heavy atom. The number of pyridine rings is 1. The second-order valence-corrected chi connectivity index (χ2v) is 4.84. The normalized spacial score (nSPS) is 20.4. The monoisotopic (exact) mass is 239 g/mol. The van der Waals surface area contributed by atoms with Gasteiger partial charge in [-0.25, -0.2) is 4.98 Å². The summed E-state index contributed by atoms with van der Waals surface area (Å²) in [4.78, 5) is 14.4. The topological polar surface area (TPSA) is 68.1 Å². The van der Waals surface area contributed by atoms with E-state index in [0.717, 1.165) is 18.6 Å². The summed E-state index contributed by atoms with van der Waals surface area (Å²) in [7, 11) is 0. The average molecular weight is 239 g/mol. The Labute approximate surface area is 97.8 Å². The van der Waals surface area contributed by atoms with Crippen LogP contribution in [0.3, 0.4) is 0 Å². The Kier molecular flexibility index (Phi) is 3.61. The molecule has 6 heteroatoms. The van der Waals surface area contributed by atoms with E-state index in [4.69, 9.17) is 0 Å². The van der Waals surface area contributed by atoms with Crippen molar-refractivity contribution in [2.75, 3.05) is 16.8 Å². The number of nitrogens with one attached hydrogen (secondary N) is 1. The highest BCUT2D eigenvalue weighted by Crippen LogP contribution is 2.25. The molecule has 1 aliphatic rings. The minimum Gasteiger partial charge on any atom is -0.361 e.